The lowest BCUT2D eigenvalue weighted by Crippen LogP contribution is -1.99. The zero-order valence-corrected chi connectivity index (χ0v) is 9.96. The number of hydrogen-bond acceptors (Lipinski definition) is 2. The van der Waals surface area contributed by atoms with Crippen LogP contribution in [0.1, 0.15) is 31.4 Å². The van der Waals surface area contributed by atoms with Gasteiger partial charge in [-0.1, -0.05) is 38.5 Å². The van der Waals surface area contributed by atoms with E-state index in [4.69, 9.17) is 5.73 Å². The fourth-order valence-electron chi connectivity index (χ4n) is 2.07. The van der Waals surface area contributed by atoms with Crippen molar-refractivity contribution in [3.05, 3.63) is 35.4 Å². The second-order valence-electron chi connectivity index (χ2n) is 4.13. The zero-order chi connectivity index (χ0) is 11.5. The predicted octanol–water partition coefficient (Wildman–Crippen LogP) is 3.33. The van der Waals surface area contributed by atoms with E-state index in [1.54, 1.807) is 0 Å². The van der Waals surface area contributed by atoms with Crippen molar-refractivity contribution in [3.63, 3.8) is 0 Å². The molecule has 0 atom stereocenters. The van der Waals surface area contributed by atoms with Crippen LogP contribution in [0.3, 0.4) is 0 Å². The summed E-state index contributed by atoms with van der Waals surface area (Å²) in [4.78, 5) is 4.54. The highest BCUT2D eigenvalue weighted by atomic mass is 14.8. The minimum absolute atomic E-state index is 0.679. The molecule has 0 radical (unpaired) electrons. The van der Waals surface area contributed by atoms with Crippen LogP contribution >= 0.6 is 0 Å². The molecule has 0 fully saturated rings. The fourth-order valence-corrected chi connectivity index (χ4v) is 2.07. The Morgan fingerprint density at radius 3 is 2.69 bits per heavy atom. The summed E-state index contributed by atoms with van der Waals surface area (Å²) in [5.41, 5.74) is 9.46. The van der Waals surface area contributed by atoms with Crippen LogP contribution in [0.25, 0.3) is 10.9 Å². The van der Waals surface area contributed by atoms with Gasteiger partial charge < -0.3 is 5.73 Å². The fraction of sp³-hybridized carbons (Fsp3) is 0.357. The van der Waals surface area contributed by atoms with Crippen molar-refractivity contribution in [2.75, 3.05) is 5.73 Å². The maximum absolute atomic E-state index is 5.95. The molecule has 2 aromatic rings. The highest BCUT2D eigenvalue weighted by molar-refractivity contribution is 5.84. The Morgan fingerprint density at radius 1 is 1.19 bits per heavy atom. The molecule has 0 saturated carbocycles. The van der Waals surface area contributed by atoms with Gasteiger partial charge in [-0.3, -0.25) is 0 Å². The zero-order valence-electron chi connectivity index (χ0n) is 9.96. The standard InChI is InChI=1S/C14H18N2/c1-3-6-11-7-5-8-12-9-10(4-2)14(15)16-13(11)12/h5,7-9H,3-4,6H2,1-2H3,(H2,15,16). The van der Waals surface area contributed by atoms with Gasteiger partial charge in [0.1, 0.15) is 5.82 Å². The van der Waals surface area contributed by atoms with E-state index in [2.05, 4.69) is 43.1 Å². The number of fused-ring (bicyclic) bond motifs is 1. The van der Waals surface area contributed by atoms with E-state index in [9.17, 15) is 0 Å². The van der Waals surface area contributed by atoms with E-state index in [-0.39, 0.29) is 0 Å². The van der Waals surface area contributed by atoms with Crippen molar-refractivity contribution in [1.29, 1.82) is 0 Å². The average Bonchev–Trinajstić information content (AvgIpc) is 2.29. The SMILES string of the molecule is CCCc1cccc2cc(CC)c(N)nc12. The molecule has 0 unspecified atom stereocenters. The summed E-state index contributed by atoms with van der Waals surface area (Å²) in [5.74, 6) is 0.679. The molecule has 2 rings (SSSR count). The van der Waals surface area contributed by atoms with Crippen molar-refractivity contribution in [2.24, 2.45) is 0 Å². The molecule has 84 valence electrons. The molecule has 0 aliphatic rings. The summed E-state index contributed by atoms with van der Waals surface area (Å²) >= 11 is 0. The smallest absolute Gasteiger partial charge is 0.127 e. The number of para-hydroxylation sites is 1. The highest BCUT2D eigenvalue weighted by Gasteiger charge is 2.05. The summed E-state index contributed by atoms with van der Waals surface area (Å²) in [6.07, 6.45) is 3.14. The predicted molar refractivity (Wildman–Crippen MR) is 69.5 cm³/mol. The Kier molecular flexibility index (Phi) is 3.09. The lowest BCUT2D eigenvalue weighted by Gasteiger charge is -2.08. The van der Waals surface area contributed by atoms with E-state index < -0.39 is 0 Å². The average molecular weight is 214 g/mol. The number of rotatable bonds is 3. The van der Waals surface area contributed by atoms with E-state index in [1.165, 1.54) is 10.9 Å². The van der Waals surface area contributed by atoms with Crippen LogP contribution in [0.5, 0.6) is 0 Å². The largest absolute Gasteiger partial charge is 0.383 e. The molecule has 16 heavy (non-hydrogen) atoms. The maximum Gasteiger partial charge on any atom is 0.127 e. The molecule has 1 heterocycles. The number of nitrogens with two attached hydrogens (primary N) is 1. The summed E-state index contributed by atoms with van der Waals surface area (Å²) < 4.78 is 0. The summed E-state index contributed by atoms with van der Waals surface area (Å²) in [6, 6.07) is 8.52. The molecule has 2 N–H and O–H groups in total. The van der Waals surface area contributed by atoms with Gasteiger partial charge in [-0.2, -0.15) is 0 Å². The van der Waals surface area contributed by atoms with Crippen LogP contribution in [0.15, 0.2) is 24.3 Å². The molecule has 1 aromatic carbocycles. The van der Waals surface area contributed by atoms with Gasteiger partial charge in [-0.15, -0.1) is 0 Å². The summed E-state index contributed by atoms with van der Waals surface area (Å²) in [6.45, 7) is 4.29. The maximum atomic E-state index is 5.95. The van der Waals surface area contributed by atoms with Crippen LogP contribution < -0.4 is 5.73 Å². The number of nitrogens with zero attached hydrogens (tertiary/aromatic N) is 1. The van der Waals surface area contributed by atoms with Gasteiger partial charge in [0.05, 0.1) is 5.52 Å². The van der Waals surface area contributed by atoms with Crippen molar-refractivity contribution in [1.82, 2.24) is 4.98 Å². The first-order valence-corrected chi connectivity index (χ1v) is 5.93. The monoisotopic (exact) mass is 214 g/mol. The number of nitrogen functional groups attached to an aromatic ring is 1. The Balaban J connectivity index is 2.64. The molecular weight excluding hydrogens is 196 g/mol. The van der Waals surface area contributed by atoms with Gasteiger partial charge in [0, 0.05) is 5.39 Å². The highest BCUT2D eigenvalue weighted by Crippen LogP contribution is 2.22. The van der Waals surface area contributed by atoms with E-state index in [0.29, 0.717) is 5.82 Å². The van der Waals surface area contributed by atoms with E-state index in [0.717, 1.165) is 30.3 Å². The van der Waals surface area contributed by atoms with Crippen LogP contribution in [-0.2, 0) is 12.8 Å². The molecule has 0 spiro atoms. The molecule has 0 saturated heterocycles. The minimum atomic E-state index is 0.679. The molecule has 2 heteroatoms. The van der Waals surface area contributed by atoms with Crippen molar-refractivity contribution >= 4 is 16.7 Å². The third-order valence-electron chi connectivity index (χ3n) is 2.94. The number of pyridine rings is 1. The van der Waals surface area contributed by atoms with E-state index in [1.807, 2.05) is 0 Å². The summed E-state index contributed by atoms with van der Waals surface area (Å²) in [5, 5.41) is 1.21. The first-order valence-electron chi connectivity index (χ1n) is 5.93. The second kappa shape index (κ2) is 4.52. The van der Waals surface area contributed by atoms with Gasteiger partial charge in [-0.05, 0) is 30.0 Å². The lowest BCUT2D eigenvalue weighted by molar-refractivity contribution is 0.926. The van der Waals surface area contributed by atoms with Gasteiger partial charge >= 0.3 is 0 Å². The van der Waals surface area contributed by atoms with Crippen LogP contribution in [0, 0.1) is 0 Å². The lowest BCUT2D eigenvalue weighted by atomic mass is 10.0. The van der Waals surface area contributed by atoms with Crippen LogP contribution in [-0.4, -0.2) is 4.98 Å². The first kappa shape index (κ1) is 10.9. The van der Waals surface area contributed by atoms with Gasteiger partial charge in [-0.25, -0.2) is 4.98 Å². The Bertz CT molecular complexity index is 503. The Hall–Kier alpha value is -1.57. The Labute approximate surface area is 96.5 Å². The number of anilines is 1. The number of benzene rings is 1. The molecule has 0 aliphatic carbocycles. The van der Waals surface area contributed by atoms with Gasteiger partial charge in [0.25, 0.3) is 0 Å². The number of aromatic nitrogens is 1. The van der Waals surface area contributed by atoms with Crippen molar-refractivity contribution in [3.8, 4) is 0 Å². The minimum Gasteiger partial charge on any atom is -0.383 e. The first-order chi connectivity index (χ1) is 7.76. The van der Waals surface area contributed by atoms with Crippen molar-refractivity contribution in [2.45, 2.75) is 33.1 Å². The molecular formula is C14H18N2. The number of aryl methyl sites for hydroxylation is 2. The second-order valence-corrected chi connectivity index (χ2v) is 4.13. The third-order valence-corrected chi connectivity index (χ3v) is 2.94. The quantitative estimate of drug-likeness (QED) is 0.851. The van der Waals surface area contributed by atoms with E-state index >= 15 is 0 Å². The molecule has 1 aromatic heterocycles. The van der Waals surface area contributed by atoms with Crippen LogP contribution in [0.2, 0.25) is 0 Å². The van der Waals surface area contributed by atoms with Crippen LogP contribution in [0.4, 0.5) is 5.82 Å². The number of hydrogen-bond donors (Lipinski definition) is 1. The molecule has 0 aliphatic heterocycles. The third kappa shape index (κ3) is 1.87. The normalized spacial score (nSPS) is 10.9. The van der Waals surface area contributed by atoms with Gasteiger partial charge in [0.15, 0.2) is 0 Å². The van der Waals surface area contributed by atoms with Gasteiger partial charge in [0.2, 0.25) is 0 Å². The molecule has 2 nitrogen and oxygen atoms in total. The Morgan fingerprint density at radius 2 is 2.00 bits per heavy atom. The molecule has 0 bridgehead atoms. The molecule has 0 amide bonds. The van der Waals surface area contributed by atoms with Crippen molar-refractivity contribution < 1.29 is 0 Å². The topological polar surface area (TPSA) is 38.9 Å². The summed E-state index contributed by atoms with van der Waals surface area (Å²) in [7, 11) is 0.